The summed E-state index contributed by atoms with van der Waals surface area (Å²) in [6.07, 6.45) is 6.58. The van der Waals surface area contributed by atoms with Crippen molar-refractivity contribution in [3.63, 3.8) is 0 Å². The lowest BCUT2D eigenvalue weighted by Crippen LogP contribution is -2.27. The Hall–Kier alpha value is -1.42. The fourth-order valence-corrected chi connectivity index (χ4v) is 2.53. The number of aromatic nitrogens is 1. The molecule has 1 fully saturated rings. The van der Waals surface area contributed by atoms with Crippen molar-refractivity contribution in [2.24, 2.45) is 5.92 Å². The van der Waals surface area contributed by atoms with Gasteiger partial charge in [0.1, 0.15) is 6.61 Å². The second kappa shape index (κ2) is 6.66. The van der Waals surface area contributed by atoms with Crippen molar-refractivity contribution < 1.29 is 9.53 Å². The molecular formula is C15H22N2O2. The first-order chi connectivity index (χ1) is 9.15. The van der Waals surface area contributed by atoms with E-state index < -0.39 is 0 Å². The molecule has 0 radical (unpaired) electrons. The van der Waals surface area contributed by atoms with E-state index in [1.54, 1.807) is 6.20 Å². The summed E-state index contributed by atoms with van der Waals surface area (Å²) in [7, 11) is 0. The lowest BCUT2D eigenvalue weighted by atomic mass is 9.89. The molecule has 1 amide bonds. The Morgan fingerprint density at radius 1 is 1.53 bits per heavy atom. The van der Waals surface area contributed by atoms with Crippen molar-refractivity contribution in [3.05, 3.63) is 24.0 Å². The molecule has 104 valence electrons. The van der Waals surface area contributed by atoms with E-state index in [0.717, 1.165) is 24.2 Å². The zero-order valence-electron chi connectivity index (χ0n) is 11.7. The molecule has 1 aromatic rings. The van der Waals surface area contributed by atoms with Crippen LogP contribution >= 0.6 is 0 Å². The molecule has 0 spiro atoms. The summed E-state index contributed by atoms with van der Waals surface area (Å²) in [6.45, 7) is 4.25. The molecule has 19 heavy (non-hydrogen) atoms. The van der Waals surface area contributed by atoms with Gasteiger partial charge in [-0.05, 0) is 37.8 Å². The molecular weight excluding hydrogens is 240 g/mol. The summed E-state index contributed by atoms with van der Waals surface area (Å²) in [6, 6.07) is 3.66. The molecule has 1 aliphatic carbocycles. The average molecular weight is 262 g/mol. The van der Waals surface area contributed by atoms with Gasteiger partial charge in [-0.3, -0.25) is 9.78 Å². The van der Waals surface area contributed by atoms with Crippen LogP contribution in [0.5, 0.6) is 0 Å². The Balaban J connectivity index is 1.77. The zero-order valence-corrected chi connectivity index (χ0v) is 11.7. The molecule has 1 aromatic heterocycles. The van der Waals surface area contributed by atoms with Gasteiger partial charge in [-0.15, -0.1) is 0 Å². The SMILES string of the molecule is Cc1ncccc1NC(=O)CO[C@@H]1CCC[C@H](C)C1. The number of pyridine rings is 1. The van der Waals surface area contributed by atoms with E-state index in [4.69, 9.17) is 4.74 Å². The van der Waals surface area contributed by atoms with Gasteiger partial charge >= 0.3 is 0 Å². The van der Waals surface area contributed by atoms with E-state index in [9.17, 15) is 4.79 Å². The summed E-state index contributed by atoms with van der Waals surface area (Å²) in [5.41, 5.74) is 1.58. The van der Waals surface area contributed by atoms with Crippen molar-refractivity contribution in [2.75, 3.05) is 11.9 Å². The van der Waals surface area contributed by atoms with Crippen LogP contribution in [-0.2, 0) is 9.53 Å². The highest BCUT2D eigenvalue weighted by Gasteiger charge is 2.20. The van der Waals surface area contributed by atoms with E-state index in [0.29, 0.717) is 5.92 Å². The predicted octanol–water partition coefficient (Wildman–Crippen LogP) is 2.92. The maximum Gasteiger partial charge on any atom is 0.250 e. The van der Waals surface area contributed by atoms with Crippen LogP contribution in [-0.4, -0.2) is 23.6 Å². The highest BCUT2D eigenvalue weighted by Crippen LogP contribution is 2.25. The number of rotatable bonds is 4. The molecule has 1 saturated carbocycles. The molecule has 0 bridgehead atoms. The number of aryl methyl sites for hydroxylation is 1. The second-order valence-corrected chi connectivity index (χ2v) is 5.39. The van der Waals surface area contributed by atoms with Gasteiger partial charge in [0.25, 0.3) is 0 Å². The smallest absolute Gasteiger partial charge is 0.250 e. The number of ether oxygens (including phenoxy) is 1. The third-order valence-corrected chi connectivity index (χ3v) is 3.62. The molecule has 2 atom stereocenters. The van der Waals surface area contributed by atoms with Crippen LogP contribution in [0.4, 0.5) is 5.69 Å². The van der Waals surface area contributed by atoms with E-state index >= 15 is 0 Å². The minimum atomic E-state index is -0.102. The zero-order chi connectivity index (χ0) is 13.7. The number of nitrogens with one attached hydrogen (secondary N) is 1. The largest absolute Gasteiger partial charge is 0.368 e. The van der Waals surface area contributed by atoms with Crippen LogP contribution in [0, 0.1) is 12.8 Å². The first-order valence-electron chi connectivity index (χ1n) is 6.98. The maximum absolute atomic E-state index is 11.8. The number of nitrogens with zero attached hydrogens (tertiary/aromatic N) is 1. The Morgan fingerprint density at radius 2 is 2.37 bits per heavy atom. The number of hydrogen-bond acceptors (Lipinski definition) is 3. The van der Waals surface area contributed by atoms with Gasteiger partial charge in [-0.2, -0.15) is 0 Å². The fourth-order valence-electron chi connectivity index (χ4n) is 2.53. The maximum atomic E-state index is 11.8. The van der Waals surface area contributed by atoms with E-state index in [-0.39, 0.29) is 18.6 Å². The molecule has 4 heteroatoms. The standard InChI is InChI=1S/C15H22N2O2/c1-11-5-3-6-13(9-11)19-10-15(18)17-14-7-4-8-16-12(14)2/h4,7-8,11,13H,3,5-6,9-10H2,1-2H3,(H,17,18)/t11-,13+/m0/s1. The summed E-state index contributed by atoms with van der Waals surface area (Å²) < 4.78 is 5.69. The van der Waals surface area contributed by atoms with E-state index in [1.165, 1.54) is 12.8 Å². The minimum absolute atomic E-state index is 0.102. The molecule has 1 aliphatic rings. The second-order valence-electron chi connectivity index (χ2n) is 5.39. The van der Waals surface area contributed by atoms with Crippen LogP contribution in [0.1, 0.15) is 38.3 Å². The summed E-state index contributed by atoms with van der Waals surface area (Å²) in [5.74, 6) is 0.608. The lowest BCUT2D eigenvalue weighted by Gasteiger charge is -2.26. The van der Waals surface area contributed by atoms with Gasteiger partial charge in [0, 0.05) is 6.20 Å². The quantitative estimate of drug-likeness (QED) is 0.907. The van der Waals surface area contributed by atoms with Crippen LogP contribution in [0.3, 0.4) is 0 Å². The lowest BCUT2D eigenvalue weighted by molar-refractivity contribution is -0.123. The highest BCUT2D eigenvalue weighted by atomic mass is 16.5. The molecule has 0 aliphatic heterocycles. The molecule has 1 heterocycles. The Bertz CT molecular complexity index is 434. The van der Waals surface area contributed by atoms with Crippen molar-refractivity contribution in [2.45, 2.75) is 45.6 Å². The van der Waals surface area contributed by atoms with Crippen LogP contribution in [0.2, 0.25) is 0 Å². The van der Waals surface area contributed by atoms with Crippen LogP contribution in [0.25, 0.3) is 0 Å². The molecule has 0 unspecified atom stereocenters. The summed E-state index contributed by atoms with van der Waals surface area (Å²) >= 11 is 0. The van der Waals surface area contributed by atoms with Gasteiger partial charge in [0.15, 0.2) is 0 Å². The monoisotopic (exact) mass is 262 g/mol. The minimum Gasteiger partial charge on any atom is -0.368 e. The van der Waals surface area contributed by atoms with Crippen molar-refractivity contribution in [1.82, 2.24) is 4.98 Å². The fraction of sp³-hybridized carbons (Fsp3) is 0.600. The topological polar surface area (TPSA) is 51.2 Å². The average Bonchev–Trinajstić information content (AvgIpc) is 2.39. The molecule has 0 aromatic carbocycles. The van der Waals surface area contributed by atoms with Gasteiger partial charge in [0.05, 0.1) is 17.5 Å². The normalized spacial score (nSPS) is 23.1. The van der Waals surface area contributed by atoms with Gasteiger partial charge < -0.3 is 10.1 Å². The van der Waals surface area contributed by atoms with Crippen molar-refractivity contribution >= 4 is 11.6 Å². The molecule has 1 N–H and O–H groups in total. The Labute approximate surface area is 114 Å². The number of hydrogen-bond donors (Lipinski definition) is 1. The van der Waals surface area contributed by atoms with E-state index in [1.807, 2.05) is 19.1 Å². The Kier molecular flexibility index (Phi) is 4.91. The summed E-state index contributed by atoms with van der Waals surface area (Å²) in [5, 5.41) is 2.83. The Morgan fingerprint density at radius 3 is 3.11 bits per heavy atom. The van der Waals surface area contributed by atoms with Crippen molar-refractivity contribution in [1.29, 1.82) is 0 Å². The highest BCUT2D eigenvalue weighted by molar-refractivity contribution is 5.92. The first-order valence-corrected chi connectivity index (χ1v) is 6.98. The third-order valence-electron chi connectivity index (χ3n) is 3.62. The number of carbonyl (C=O) groups is 1. The third kappa shape index (κ3) is 4.31. The van der Waals surface area contributed by atoms with Gasteiger partial charge in [0.2, 0.25) is 5.91 Å². The van der Waals surface area contributed by atoms with Crippen molar-refractivity contribution in [3.8, 4) is 0 Å². The number of anilines is 1. The number of carbonyl (C=O) groups excluding carboxylic acids is 1. The molecule has 0 saturated heterocycles. The summed E-state index contributed by atoms with van der Waals surface area (Å²) in [4.78, 5) is 16.0. The first kappa shape index (κ1) is 14.0. The molecule has 4 nitrogen and oxygen atoms in total. The van der Waals surface area contributed by atoms with Gasteiger partial charge in [-0.25, -0.2) is 0 Å². The van der Waals surface area contributed by atoms with E-state index in [2.05, 4.69) is 17.2 Å². The van der Waals surface area contributed by atoms with Gasteiger partial charge in [-0.1, -0.05) is 19.8 Å². The predicted molar refractivity (Wildman–Crippen MR) is 75.0 cm³/mol. The van der Waals surface area contributed by atoms with Crippen LogP contribution in [0.15, 0.2) is 18.3 Å². The molecule has 2 rings (SSSR count). The van der Waals surface area contributed by atoms with Crippen LogP contribution < -0.4 is 5.32 Å². The number of amides is 1.